The summed E-state index contributed by atoms with van der Waals surface area (Å²) in [5.74, 6) is 1.93. The van der Waals surface area contributed by atoms with Crippen molar-refractivity contribution in [3.05, 3.63) is 66.1 Å². The van der Waals surface area contributed by atoms with Crippen LogP contribution in [0.5, 0.6) is 0 Å². The van der Waals surface area contributed by atoms with Crippen LogP contribution in [0.1, 0.15) is 5.89 Å². The highest BCUT2D eigenvalue weighted by atomic mass is 32.2. The summed E-state index contributed by atoms with van der Waals surface area (Å²) >= 11 is 3.00. The maximum Gasteiger partial charge on any atom is 0.237 e. The fraction of sp³-hybridized carbons (Fsp3) is 0.111. The second kappa shape index (κ2) is 7.85. The summed E-state index contributed by atoms with van der Waals surface area (Å²) in [4.78, 5) is 5.37. The summed E-state index contributed by atoms with van der Waals surface area (Å²) in [5.41, 5.74) is 0.787. The van der Waals surface area contributed by atoms with Gasteiger partial charge in [0, 0.05) is 12.1 Å². The summed E-state index contributed by atoms with van der Waals surface area (Å²) in [7, 11) is 0. The summed E-state index contributed by atoms with van der Waals surface area (Å²) in [5, 5.41) is 15.2. The van der Waals surface area contributed by atoms with Gasteiger partial charge in [0.1, 0.15) is 5.82 Å². The fourth-order valence-corrected chi connectivity index (χ4v) is 3.88. The summed E-state index contributed by atoms with van der Waals surface area (Å²) < 4.78 is 20.4. The fourth-order valence-electron chi connectivity index (χ4n) is 2.45. The van der Waals surface area contributed by atoms with Gasteiger partial charge in [-0.3, -0.25) is 4.57 Å². The molecule has 6 nitrogen and oxygen atoms in total. The lowest BCUT2D eigenvalue weighted by atomic mass is 10.2. The van der Waals surface area contributed by atoms with Crippen molar-refractivity contribution in [2.24, 2.45) is 0 Å². The number of halogens is 1. The molecule has 0 aliphatic heterocycles. The molecule has 1 aromatic carbocycles. The van der Waals surface area contributed by atoms with E-state index in [4.69, 9.17) is 4.52 Å². The number of nitrogens with zero attached hydrogens (tertiary/aromatic N) is 5. The molecule has 3 aromatic heterocycles. The van der Waals surface area contributed by atoms with Crippen LogP contribution in [0.2, 0.25) is 0 Å². The Labute approximate surface area is 162 Å². The number of hydrogen-bond donors (Lipinski definition) is 0. The number of thioether (sulfide) groups is 1. The predicted molar refractivity (Wildman–Crippen MR) is 103 cm³/mol. The lowest BCUT2D eigenvalue weighted by Gasteiger charge is -2.07. The molecule has 0 aliphatic rings. The third kappa shape index (κ3) is 3.83. The Bertz CT molecular complexity index is 1040. The molecular weight excluding hydrogens is 385 g/mol. The maximum atomic E-state index is 13.2. The molecule has 0 amide bonds. The van der Waals surface area contributed by atoms with Crippen LogP contribution in [-0.2, 0) is 12.3 Å². The number of hydrogen-bond acceptors (Lipinski definition) is 7. The van der Waals surface area contributed by atoms with E-state index >= 15 is 0 Å². The van der Waals surface area contributed by atoms with Gasteiger partial charge in [-0.15, -0.1) is 28.1 Å². The zero-order chi connectivity index (χ0) is 18.6. The van der Waals surface area contributed by atoms with Gasteiger partial charge in [0.05, 0.1) is 10.6 Å². The zero-order valence-corrected chi connectivity index (χ0v) is 15.7. The van der Waals surface area contributed by atoms with E-state index in [0.717, 1.165) is 10.4 Å². The Kier molecular flexibility index (Phi) is 5.12. The smallest absolute Gasteiger partial charge is 0.237 e. The second-order valence-electron chi connectivity index (χ2n) is 5.49. The van der Waals surface area contributed by atoms with Gasteiger partial charge in [-0.1, -0.05) is 29.1 Å². The van der Waals surface area contributed by atoms with Crippen molar-refractivity contribution < 1.29 is 8.91 Å². The van der Waals surface area contributed by atoms with E-state index in [1.165, 1.54) is 23.9 Å². The van der Waals surface area contributed by atoms with Gasteiger partial charge in [-0.2, -0.15) is 4.98 Å². The standard InChI is InChI=1S/C18H14FN5OS2/c1-2-9-24-17(12-5-7-13(19)8-6-12)21-22-18(24)27-11-15-20-16(23-25-15)14-4-3-10-26-14/h2-8,10H,1,9,11H2. The number of allylic oxidation sites excluding steroid dienone is 1. The van der Waals surface area contributed by atoms with Crippen LogP contribution in [0.4, 0.5) is 4.39 Å². The first-order chi connectivity index (χ1) is 13.2. The molecule has 0 unspecified atom stereocenters. The first-order valence-corrected chi connectivity index (χ1v) is 9.90. The van der Waals surface area contributed by atoms with E-state index in [1.54, 1.807) is 29.5 Å². The van der Waals surface area contributed by atoms with Gasteiger partial charge in [0.25, 0.3) is 0 Å². The molecule has 4 rings (SSSR count). The third-order valence-electron chi connectivity index (χ3n) is 3.67. The van der Waals surface area contributed by atoms with Crippen molar-refractivity contribution >= 4 is 23.1 Å². The Morgan fingerprint density at radius 1 is 1.22 bits per heavy atom. The van der Waals surface area contributed by atoms with Crippen molar-refractivity contribution in [1.29, 1.82) is 0 Å². The molecule has 0 saturated carbocycles. The van der Waals surface area contributed by atoms with Crippen LogP contribution >= 0.6 is 23.1 Å². The van der Waals surface area contributed by atoms with E-state index in [-0.39, 0.29) is 5.82 Å². The quantitative estimate of drug-likeness (QED) is 0.332. The van der Waals surface area contributed by atoms with Crippen LogP contribution in [0.3, 0.4) is 0 Å². The van der Waals surface area contributed by atoms with E-state index in [0.29, 0.717) is 35.0 Å². The van der Waals surface area contributed by atoms with Gasteiger partial charge in [-0.25, -0.2) is 4.39 Å². The van der Waals surface area contributed by atoms with Crippen molar-refractivity contribution in [3.8, 4) is 22.1 Å². The molecule has 9 heteroatoms. The highest BCUT2D eigenvalue weighted by molar-refractivity contribution is 7.98. The first kappa shape index (κ1) is 17.6. The molecule has 0 spiro atoms. The lowest BCUT2D eigenvalue weighted by Crippen LogP contribution is -2.00. The van der Waals surface area contributed by atoms with E-state index in [1.807, 2.05) is 22.1 Å². The molecule has 0 bridgehead atoms. The topological polar surface area (TPSA) is 69.6 Å². The van der Waals surface area contributed by atoms with Gasteiger partial charge < -0.3 is 4.52 Å². The van der Waals surface area contributed by atoms with Gasteiger partial charge in [0.15, 0.2) is 11.0 Å². The third-order valence-corrected chi connectivity index (χ3v) is 5.48. The Morgan fingerprint density at radius 2 is 2.07 bits per heavy atom. The number of rotatable bonds is 7. The zero-order valence-electron chi connectivity index (χ0n) is 14.1. The van der Waals surface area contributed by atoms with Gasteiger partial charge >= 0.3 is 0 Å². The summed E-state index contributed by atoms with van der Waals surface area (Å²) in [6.07, 6.45) is 1.77. The lowest BCUT2D eigenvalue weighted by molar-refractivity contribution is 0.391. The minimum Gasteiger partial charge on any atom is -0.338 e. The van der Waals surface area contributed by atoms with Crippen molar-refractivity contribution in [2.45, 2.75) is 17.5 Å². The number of thiophene rings is 1. The molecule has 27 heavy (non-hydrogen) atoms. The largest absolute Gasteiger partial charge is 0.338 e. The van der Waals surface area contributed by atoms with Crippen molar-refractivity contribution in [2.75, 3.05) is 0 Å². The van der Waals surface area contributed by atoms with Crippen LogP contribution in [-0.4, -0.2) is 24.9 Å². The number of aromatic nitrogens is 5. The molecule has 3 heterocycles. The van der Waals surface area contributed by atoms with Crippen molar-refractivity contribution in [1.82, 2.24) is 24.9 Å². The van der Waals surface area contributed by atoms with Crippen LogP contribution in [0.15, 0.2) is 64.1 Å². The van der Waals surface area contributed by atoms with Gasteiger partial charge in [0.2, 0.25) is 11.7 Å². The highest BCUT2D eigenvalue weighted by Gasteiger charge is 2.16. The molecule has 136 valence electrons. The van der Waals surface area contributed by atoms with Crippen LogP contribution < -0.4 is 0 Å². The minimum atomic E-state index is -0.291. The average molecular weight is 399 g/mol. The Hall–Kier alpha value is -2.78. The first-order valence-electron chi connectivity index (χ1n) is 8.04. The van der Waals surface area contributed by atoms with Crippen LogP contribution in [0, 0.1) is 5.82 Å². The Balaban J connectivity index is 1.53. The summed E-state index contributed by atoms with van der Waals surface area (Å²) in [6, 6.07) is 10.1. The molecule has 4 aromatic rings. The maximum absolute atomic E-state index is 13.2. The minimum absolute atomic E-state index is 0.291. The van der Waals surface area contributed by atoms with E-state index in [9.17, 15) is 4.39 Å². The molecular formula is C18H14FN5OS2. The molecule has 0 aliphatic carbocycles. The number of benzene rings is 1. The van der Waals surface area contributed by atoms with Gasteiger partial charge in [-0.05, 0) is 35.7 Å². The molecule has 0 fully saturated rings. The highest BCUT2D eigenvalue weighted by Crippen LogP contribution is 2.27. The van der Waals surface area contributed by atoms with Crippen LogP contribution in [0.25, 0.3) is 22.1 Å². The average Bonchev–Trinajstić information content (AvgIpc) is 3.42. The van der Waals surface area contributed by atoms with E-state index in [2.05, 4.69) is 26.9 Å². The van der Waals surface area contributed by atoms with Crippen molar-refractivity contribution in [3.63, 3.8) is 0 Å². The predicted octanol–water partition coefficient (Wildman–Crippen LogP) is 4.67. The normalized spacial score (nSPS) is 11.0. The molecule has 0 N–H and O–H groups in total. The second-order valence-corrected chi connectivity index (χ2v) is 7.38. The monoisotopic (exact) mass is 399 g/mol. The van der Waals surface area contributed by atoms with E-state index < -0.39 is 0 Å². The molecule has 0 radical (unpaired) electrons. The SMILES string of the molecule is C=CCn1c(SCc2nc(-c3cccs3)no2)nnc1-c1ccc(F)cc1. The Morgan fingerprint density at radius 3 is 2.81 bits per heavy atom. The molecule has 0 atom stereocenters. The molecule has 0 saturated heterocycles. The summed E-state index contributed by atoms with van der Waals surface area (Å²) in [6.45, 7) is 4.32.